The van der Waals surface area contributed by atoms with Crippen LogP contribution < -0.4 is 5.32 Å². The van der Waals surface area contributed by atoms with E-state index in [4.69, 9.17) is 0 Å². The van der Waals surface area contributed by atoms with Gasteiger partial charge < -0.3 is 4.98 Å². The number of thioether (sulfide) groups is 2. The molecule has 4 aromatic rings. The maximum Gasteiger partial charge on any atom is 0.236 e. The molecular formula is C16H13N7OS3. The lowest BCUT2D eigenvalue weighted by atomic mass is 10.2. The predicted octanol–water partition coefficient (Wildman–Crippen LogP) is 3.37. The number of anilines is 1. The van der Waals surface area contributed by atoms with Gasteiger partial charge >= 0.3 is 0 Å². The summed E-state index contributed by atoms with van der Waals surface area (Å²) in [7, 11) is 0. The van der Waals surface area contributed by atoms with E-state index in [1.807, 2.05) is 24.3 Å². The molecule has 27 heavy (non-hydrogen) atoms. The number of benzene rings is 1. The Labute approximate surface area is 166 Å². The second-order valence-corrected chi connectivity index (χ2v) is 8.46. The smallest absolute Gasteiger partial charge is 0.236 e. The van der Waals surface area contributed by atoms with Crippen molar-refractivity contribution in [3.8, 4) is 0 Å². The summed E-state index contributed by atoms with van der Waals surface area (Å²) in [6.07, 6.45) is 1.79. The van der Waals surface area contributed by atoms with Crippen LogP contribution in [0.4, 0.5) is 5.13 Å². The van der Waals surface area contributed by atoms with Gasteiger partial charge in [0.15, 0.2) is 9.99 Å². The standard InChI is InChI=1S/C16H13N7OS3/c1-2-7-25-16-23-22-15(27-16)18-11(24)8-26-14-19-13-12(20-21-14)9-5-3-4-6-10(9)17-13/h2-6H,1,7-8H2,(H,17,19,21)(H,18,22,24). The Kier molecular flexibility index (Phi) is 5.32. The van der Waals surface area contributed by atoms with E-state index in [0.717, 1.165) is 26.5 Å². The zero-order chi connectivity index (χ0) is 18.6. The predicted molar refractivity (Wildman–Crippen MR) is 109 cm³/mol. The van der Waals surface area contributed by atoms with Crippen LogP contribution in [0, 0.1) is 0 Å². The summed E-state index contributed by atoms with van der Waals surface area (Å²) >= 11 is 4.06. The number of para-hydroxylation sites is 1. The first-order chi connectivity index (χ1) is 13.2. The minimum atomic E-state index is -0.197. The van der Waals surface area contributed by atoms with Crippen molar-refractivity contribution < 1.29 is 4.79 Å². The minimum Gasteiger partial charge on any atom is -0.338 e. The van der Waals surface area contributed by atoms with Crippen molar-refractivity contribution in [3.05, 3.63) is 36.9 Å². The Morgan fingerprint density at radius 3 is 3.00 bits per heavy atom. The lowest BCUT2D eigenvalue weighted by Crippen LogP contribution is -2.14. The zero-order valence-corrected chi connectivity index (χ0v) is 16.3. The SMILES string of the molecule is C=CCSc1nnc(NC(=O)CSc2nnc3c(n2)[nH]c2ccccc23)s1. The molecule has 0 fully saturated rings. The fraction of sp³-hybridized carbons (Fsp3) is 0.125. The van der Waals surface area contributed by atoms with E-state index >= 15 is 0 Å². The third-order valence-corrected chi connectivity index (χ3v) is 6.22. The van der Waals surface area contributed by atoms with Gasteiger partial charge in [-0.2, -0.15) is 0 Å². The summed E-state index contributed by atoms with van der Waals surface area (Å²) in [5.74, 6) is 0.706. The van der Waals surface area contributed by atoms with Gasteiger partial charge in [-0.15, -0.1) is 27.0 Å². The van der Waals surface area contributed by atoms with Gasteiger partial charge in [-0.05, 0) is 6.07 Å². The maximum absolute atomic E-state index is 12.1. The van der Waals surface area contributed by atoms with Gasteiger partial charge in [-0.3, -0.25) is 10.1 Å². The Morgan fingerprint density at radius 2 is 2.11 bits per heavy atom. The van der Waals surface area contributed by atoms with E-state index in [9.17, 15) is 4.79 Å². The molecule has 0 bridgehead atoms. The van der Waals surface area contributed by atoms with Crippen molar-refractivity contribution in [3.63, 3.8) is 0 Å². The Hall–Kier alpha value is -2.50. The number of aromatic amines is 1. The highest BCUT2D eigenvalue weighted by molar-refractivity contribution is 8.01. The van der Waals surface area contributed by atoms with Crippen LogP contribution in [-0.2, 0) is 4.79 Å². The highest BCUT2D eigenvalue weighted by atomic mass is 32.2. The molecule has 4 rings (SSSR count). The van der Waals surface area contributed by atoms with Crippen LogP contribution in [0.3, 0.4) is 0 Å². The van der Waals surface area contributed by atoms with Gasteiger partial charge in [0.05, 0.1) is 5.75 Å². The number of carbonyl (C=O) groups excluding carboxylic acids is 1. The lowest BCUT2D eigenvalue weighted by Gasteiger charge is -2.00. The molecule has 3 heterocycles. The first-order valence-electron chi connectivity index (χ1n) is 7.84. The first kappa shape index (κ1) is 17.9. The van der Waals surface area contributed by atoms with Crippen molar-refractivity contribution in [2.45, 2.75) is 9.50 Å². The van der Waals surface area contributed by atoms with Crippen LogP contribution in [0.25, 0.3) is 22.1 Å². The van der Waals surface area contributed by atoms with Crippen LogP contribution in [0.2, 0.25) is 0 Å². The number of amides is 1. The highest BCUT2D eigenvalue weighted by Gasteiger charge is 2.12. The Morgan fingerprint density at radius 1 is 1.22 bits per heavy atom. The fourth-order valence-corrected chi connectivity index (χ4v) is 4.42. The lowest BCUT2D eigenvalue weighted by molar-refractivity contribution is -0.113. The van der Waals surface area contributed by atoms with Gasteiger partial charge in [-0.1, -0.05) is 59.1 Å². The number of aromatic nitrogens is 6. The summed E-state index contributed by atoms with van der Waals surface area (Å²) in [6, 6.07) is 7.82. The molecule has 0 saturated heterocycles. The van der Waals surface area contributed by atoms with Crippen molar-refractivity contribution in [2.75, 3.05) is 16.8 Å². The molecule has 0 aliphatic rings. The maximum atomic E-state index is 12.1. The summed E-state index contributed by atoms with van der Waals surface area (Å²) in [5.41, 5.74) is 2.33. The monoisotopic (exact) mass is 415 g/mol. The van der Waals surface area contributed by atoms with Crippen molar-refractivity contribution in [2.24, 2.45) is 0 Å². The summed E-state index contributed by atoms with van der Waals surface area (Å²) in [5, 5.41) is 20.9. The number of fused-ring (bicyclic) bond motifs is 3. The van der Waals surface area contributed by atoms with E-state index in [-0.39, 0.29) is 11.7 Å². The molecule has 2 N–H and O–H groups in total. The quantitative estimate of drug-likeness (QED) is 0.269. The number of hydrogen-bond donors (Lipinski definition) is 2. The number of carbonyl (C=O) groups is 1. The number of rotatable bonds is 7. The van der Waals surface area contributed by atoms with Gasteiger partial charge in [0.1, 0.15) is 5.52 Å². The third kappa shape index (κ3) is 4.10. The van der Waals surface area contributed by atoms with Gasteiger partial charge in [0.25, 0.3) is 0 Å². The van der Waals surface area contributed by atoms with Crippen LogP contribution in [-0.4, -0.2) is 47.8 Å². The Balaban J connectivity index is 1.39. The molecule has 0 aliphatic heterocycles. The van der Waals surface area contributed by atoms with E-state index in [1.165, 1.54) is 34.9 Å². The van der Waals surface area contributed by atoms with Gasteiger partial charge in [-0.25, -0.2) is 4.98 Å². The average molecular weight is 416 g/mol. The molecular weight excluding hydrogens is 402 g/mol. The second-order valence-electron chi connectivity index (χ2n) is 5.27. The minimum absolute atomic E-state index is 0.155. The van der Waals surface area contributed by atoms with Crippen LogP contribution in [0.15, 0.2) is 46.4 Å². The second kappa shape index (κ2) is 8.03. The molecule has 1 amide bonds. The molecule has 11 heteroatoms. The summed E-state index contributed by atoms with van der Waals surface area (Å²) in [4.78, 5) is 19.8. The first-order valence-corrected chi connectivity index (χ1v) is 10.6. The van der Waals surface area contributed by atoms with Crippen LogP contribution in [0.5, 0.6) is 0 Å². The summed E-state index contributed by atoms with van der Waals surface area (Å²) in [6.45, 7) is 3.66. The van der Waals surface area contributed by atoms with E-state index in [2.05, 4.69) is 42.3 Å². The van der Waals surface area contributed by atoms with Crippen LogP contribution in [0.1, 0.15) is 0 Å². The molecule has 0 atom stereocenters. The molecule has 8 nitrogen and oxygen atoms in total. The number of nitrogens with zero attached hydrogens (tertiary/aromatic N) is 5. The average Bonchev–Trinajstić information content (AvgIpc) is 3.28. The van der Waals surface area contributed by atoms with E-state index in [1.54, 1.807) is 6.08 Å². The van der Waals surface area contributed by atoms with Crippen molar-refractivity contribution in [1.29, 1.82) is 0 Å². The van der Waals surface area contributed by atoms with Crippen molar-refractivity contribution in [1.82, 2.24) is 30.4 Å². The number of hydrogen-bond acceptors (Lipinski definition) is 9. The molecule has 0 aliphatic carbocycles. The van der Waals surface area contributed by atoms with Crippen molar-refractivity contribution >= 4 is 68.0 Å². The topological polar surface area (TPSA) is 109 Å². The van der Waals surface area contributed by atoms with Gasteiger partial charge in [0, 0.05) is 16.7 Å². The van der Waals surface area contributed by atoms with Gasteiger partial charge in [0.2, 0.25) is 16.2 Å². The molecule has 0 spiro atoms. The number of H-pyrrole nitrogens is 1. The normalized spacial score (nSPS) is 11.1. The molecule has 3 aromatic heterocycles. The largest absolute Gasteiger partial charge is 0.338 e. The summed E-state index contributed by atoms with van der Waals surface area (Å²) < 4.78 is 0.787. The van der Waals surface area contributed by atoms with E-state index < -0.39 is 0 Å². The van der Waals surface area contributed by atoms with Crippen LogP contribution >= 0.6 is 34.9 Å². The zero-order valence-electron chi connectivity index (χ0n) is 13.9. The third-order valence-electron chi connectivity index (χ3n) is 3.41. The highest BCUT2D eigenvalue weighted by Crippen LogP contribution is 2.26. The number of nitrogens with one attached hydrogen (secondary N) is 2. The molecule has 0 unspecified atom stereocenters. The molecule has 136 valence electrons. The molecule has 0 radical (unpaired) electrons. The fourth-order valence-electron chi connectivity index (χ4n) is 2.30. The molecule has 0 saturated carbocycles. The van der Waals surface area contributed by atoms with E-state index in [0.29, 0.717) is 15.9 Å². The molecule has 1 aromatic carbocycles. The Bertz CT molecular complexity index is 1120.